The second-order valence-corrected chi connectivity index (χ2v) is 6.16. The van der Waals surface area contributed by atoms with E-state index in [9.17, 15) is 4.79 Å². The maximum Gasteiger partial charge on any atom is 0.234 e. The molecule has 1 amide bonds. The standard InChI is InChI=1S/C17H23N5O2/c1-13-3-5-14(6-4-13)9-18-16(23)11-22-7-8-24-15(10-22)17-20-19-12-21(17)2/h3-6,12,15H,7-11H2,1-2H3,(H,18,23). The first-order valence-corrected chi connectivity index (χ1v) is 8.12. The first kappa shape index (κ1) is 16.6. The highest BCUT2D eigenvalue weighted by molar-refractivity contribution is 5.78. The number of benzene rings is 1. The van der Waals surface area contributed by atoms with E-state index in [1.165, 1.54) is 5.56 Å². The highest BCUT2D eigenvalue weighted by Crippen LogP contribution is 2.19. The van der Waals surface area contributed by atoms with Crippen LogP contribution in [0.25, 0.3) is 0 Å². The van der Waals surface area contributed by atoms with Crippen molar-refractivity contribution in [2.75, 3.05) is 26.2 Å². The zero-order valence-electron chi connectivity index (χ0n) is 14.1. The van der Waals surface area contributed by atoms with Gasteiger partial charge < -0.3 is 14.6 Å². The lowest BCUT2D eigenvalue weighted by atomic mass is 10.1. The van der Waals surface area contributed by atoms with E-state index in [4.69, 9.17) is 4.74 Å². The minimum absolute atomic E-state index is 0.0224. The lowest BCUT2D eigenvalue weighted by Gasteiger charge is -2.31. The van der Waals surface area contributed by atoms with Crippen molar-refractivity contribution in [1.82, 2.24) is 25.0 Å². The van der Waals surface area contributed by atoms with Crippen LogP contribution >= 0.6 is 0 Å². The number of ether oxygens (including phenoxy) is 1. The summed E-state index contributed by atoms with van der Waals surface area (Å²) in [5.41, 5.74) is 2.32. The Bertz CT molecular complexity index is 683. The Morgan fingerprint density at radius 3 is 2.88 bits per heavy atom. The summed E-state index contributed by atoms with van der Waals surface area (Å²) in [5.74, 6) is 0.814. The van der Waals surface area contributed by atoms with Crippen LogP contribution in [0.4, 0.5) is 0 Å². The Balaban J connectivity index is 1.49. The lowest BCUT2D eigenvalue weighted by Crippen LogP contribution is -2.44. The Kier molecular flexibility index (Phi) is 5.22. The van der Waals surface area contributed by atoms with Crippen LogP contribution in [0.1, 0.15) is 23.1 Å². The molecule has 1 unspecified atom stereocenters. The van der Waals surface area contributed by atoms with Crippen molar-refractivity contribution in [2.24, 2.45) is 7.05 Å². The minimum Gasteiger partial charge on any atom is -0.368 e. The number of amides is 1. The summed E-state index contributed by atoms with van der Waals surface area (Å²) in [4.78, 5) is 14.3. The zero-order chi connectivity index (χ0) is 16.9. The zero-order valence-corrected chi connectivity index (χ0v) is 14.1. The van der Waals surface area contributed by atoms with Crippen molar-refractivity contribution >= 4 is 5.91 Å². The molecule has 1 aliphatic rings. The van der Waals surface area contributed by atoms with Gasteiger partial charge in [0.15, 0.2) is 5.82 Å². The fourth-order valence-corrected chi connectivity index (χ4v) is 2.75. The normalized spacial score (nSPS) is 18.5. The van der Waals surface area contributed by atoms with Gasteiger partial charge in [-0.2, -0.15) is 0 Å². The van der Waals surface area contributed by atoms with Crippen LogP contribution in [-0.2, 0) is 23.1 Å². The lowest BCUT2D eigenvalue weighted by molar-refractivity contribution is -0.124. The number of morpholine rings is 1. The average molecular weight is 329 g/mol. The van der Waals surface area contributed by atoms with Crippen molar-refractivity contribution in [1.29, 1.82) is 0 Å². The fraction of sp³-hybridized carbons (Fsp3) is 0.471. The van der Waals surface area contributed by atoms with E-state index in [1.807, 2.05) is 30.7 Å². The van der Waals surface area contributed by atoms with Crippen LogP contribution in [0.3, 0.4) is 0 Å². The molecular weight excluding hydrogens is 306 g/mol. The topological polar surface area (TPSA) is 72.3 Å². The molecule has 3 rings (SSSR count). The smallest absolute Gasteiger partial charge is 0.234 e. The summed E-state index contributed by atoms with van der Waals surface area (Å²) in [5, 5.41) is 11.0. The van der Waals surface area contributed by atoms with Crippen molar-refractivity contribution in [2.45, 2.75) is 19.6 Å². The van der Waals surface area contributed by atoms with Gasteiger partial charge in [0.1, 0.15) is 12.4 Å². The maximum atomic E-state index is 12.2. The third-order valence-corrected chi connectivity index (χ3v) is 4.16. The van der Waals surface area contributed by atoms with Crippen molar-refractivity contribution < 1.29 is 9.53 Å². The van der Waals surface area contributed by atoms with Crippen LogP contribution in [-0.4, -0.2) is 51.8 Å². The molecule has 0 radical (unpaired) electrons. The predicted molar refractivity (Wildman–Crippen MR) is 89.2 cm³/mol. The first-order chi connectivity index (χ1) is 11.6. The Morgan fingerprint density at radius 1 is 1.38 bits per heavy atom. The van der Waals surface area contributed by atoms with Crippen LogP contribution in [0.5, 0.6) is 0 Å². The SMILES string of the molecule is Cc1ccc(CNC(=O)CN2CCOC(c3nncn3C)C2)cc1. The summed E-state index contributed by atoms with van der Waals surface area (Å²) in [6, 6.07) is 8.17. The highest BCUT2D eigenvalue weighted by atomic mass is 16.5. The van der Waals surface area contributed by atoms with Gasteiger partial charge in [-0.25, -0.2) is 0 Å². The molecule has 2 aromatic rings. The summed E-state index contributed by atoms with van der Waals surface area (Å²) >= 11 is 0. The molecule has 7 nitrogen and oxygen atoms in total. The Hall–Kier alpha value is -2.25. The summed E-state index contributed by atoms with van der Waals surface area (Å²) in [7, 11) is 1.89. The number of carbonyl (C=O) groups is 1. The number of hydrogen-bond acceptors (Lipinski definition) is 5. The van der Waals surface area contributed by atoms with Gasteiger partial charge in [-0.15, -0.1) is 10.2 Å². The maximum absolute atomic E-state index is 12.2. The summed E-state index contributed by atoms with van der Waals surface area (Å²) < 4.78 is 7.61. The molecule has 0 saturated carbocycles. The molecule has 1 atom stereocenters. The molecule has 0 spiro atoms. The van der Waals surface area contributed by atoms with Gasteiger partial charge in [-0.3, -0.25) is 9.69 Å². The molecule has 7 heteroatoms. The van der Waals surface area contributed by atoms with Gasteiger partial charge in [0.25, 0.3) is 0 Å². The quantitative estimate of drug-likeness (QED) is 0.879. The monoisotopic (exact) mass is 329 g/mol. The molecule has 1 aliphatic heterocycles. The van der Waals surface area contributed by atoms with Crippen LogP contribution < -0.4 is 5.32 Å². The number of carbonyl (C=O) groups excluding carboxylic acids is 1. The Labute approximate surface area is 141 Å². The van der Waals surface area contributed by atoms with Crippen molar-refractivity contribution in [3.63, 3.8) is 0 Å². The third-order valence-electron chi connectivity index (χ3n) is 4.16. The van der Waals surface area contributed by atoms with Crippen molar-refractivity contribution in [3.05, 3.63) is 47.5 Å². The van der Waals surface area contributed by atoms with Crippen LogP contribution in [0.2, 0.25) is 0 Å². The molecule has 1 saturated heterocycles. The highest BCUT2D eigenvalue weighted by Gasteiger charge is 2.26. The van der Waals surface area contributed by atoms with Crippen LogP contribution in [0, 0.1) is 6.92 Å². The molecule has 1 N–H and O–H groups in total. The number of aromatic nitrogens is 3. The predicted octanol–water partition coefficient (Wildman–Crippen LogP) is 0.813. The van der Waals surface area contributed by atoms with E-state index >= 15 is 0 Å². The number of nitrogens with zero attached hydrogens (tertiary/aromatic N) is 4. The average Bonchev–Trinajstić information content (AvgIpc) is 3.01. The molecular formula is C17H23N5O2. The number of aryl methyl sites for hydroxylation is 2. The van der Waals surface area contributed by atoms with E-state index in [2.05, 4.69) is 32.5 Å². The molecule has 1 fully saturated rings. The molecule has 1 aromatic heterocycles. The molecule has 0 aliphatic carbocycles. The van der Waals surface area contributed by atoms with E-state index in [1.54, 1.807) is 6.33 Å². The number of nitrogens with one attached hydrogen (secondary N) is 1. The van der Waals surface area contributed by atoms with E-state index in [0.717, 1.165) is 17.9 Å². The molecule has 24 heavy (non-hydrogen) atoms. The second kappa shape index (κ2) is 7.55. The first-order valence-electron chi connectivity index (χ1n) is 8.12. The van der Waals surface area contributed by atoms with E-state index < -0.39 is 0 Å². The summed E-state index contributed by atoms with van der Waals surface area (Å²) in [6.45, 7) is 4.94. The van der Waals surface area contributed by atoms with Gasteiger partial charge in [-0.1, -0.05) is 29.8 Å². The number of rotatable bonds is 5. The van der Waals surface area contributed by atoms with Gasteiger partial charge in [0, 0.05) is 26.7 Å². The molecule has 1 aromatic carbocycles. The van der Waals surface area contributed by atoms with E-state index in [-0.39, 0.29) is 12.0 Å². The fourth-order valence-electron chi connectivity index (χ4n) is 2.75. The van der Waals surface area contributed by atoms with Gasteiger partial charge in [-0.05, 0) is 12.5 Å². The molecule has 0 bridgehead atoms. The minimum atomic E-state index is -0.142. The van der Waals surface area contributed by atoms with Crippen LogP contribution in [0.15, 0.2) is 30.6 Å². The third kappa shape index (κ3) is 4.18. The number of hydrogen-bond donors (Lipinski definition) is 1. The molecule has 128 valence electrons. The van der Waals surface area contributed by atoms with Gasteiger partial charge in [0.2, 0.25) is 5.91 Å². The van der Waals surface area contributed by atoms with E-state index in [0.29, 0.717) is 26.2 Å². The Morgan fingerprint density at radius 2 is 2.17 bits per heavy atom. The van der Waals surface area contributed by atoms with Gasteiger partial charge in [0.05, 0.1) is 13.2 Å². The second-order valence-electron chi connectivity index (χ2n) is 6.16. The molecule has 2 heterocycles. The van der Waals surface area contributed by atoms with Crippen molar-refractivity contribution in [3.8, 4) is 0 Å². The largest absolute Gasteiger partial charge is 0.368 e. The van der Waals surface area contributed by atoms with Gasteiger partial charge >= 0.3 is 0 Å². The summed E-state index contributed by atoms with van der Waals surface area (Å²) in [6.07, 6.45) is 1.52.